The van der Waals surface area contributed by atoms with Crippen molar-refractivity contribution in [2.75, 3.05) is 26.2 Å². The summed E-state index contributed by atoms with van der Waals surface area (Å²) in [7, 11) is 0. The molecule has 9 unspecified atom stereocenters. The largest absolute Gasteiger partial charge is 0.508 e. The predicted octanol–water partition coefficient (Wildman–Crippen LogP) is -1.53. The molecule has 32 nitrogen and oxygen atoms in total. The van der Waals surface area contributed by atoms with Crippen molar-refractivity contribution in [3.63, 3.8) is 0 Å². The molecule has 6 aromatic rings. The van der Waals surface area contributed by atoms with Crippen LogP contribution in [0.1, 0.15) is 88.1 Å². The lowest BCUT2D eigenvalue weighted by atomic mass is 9.98. The maximum absolute atomic E-state index is 15.1. The number of aromatic amines is 2. The van der Waals surface area contributed by atoms with Crippen LogP contribution in [0.2, 0.25) is 0 Å². The highest BCUT2D eigenvalue weighted by molar-refractivity contribution is 6.00. The van der Waals surface area contributed by atoms with Crippen LogP contribution >= 0.6 is 0 Å². The van der Waals surface area contributed by atoms with Gasteiger partial charge in [-0.3, -0.25) is 62.5 Å². The minimum atomic E-state index is -1.80. The van der Waals surface area contributed by atoms with Crippen LogP contribution in [-0.2, 0) is 83.2 Å². The average Bonchev–Trinajstić information content (AvgIpc) is 1.53. The topological polar surface area (TPSA) is 512 Å². The zero-order chi connectivity index (χ0) is 72.6. The van der Waals surface area contributed by atoms with E-state index < -0.39 is 133 Å². The number of likely N-dealkylation sites (tertiary alicyclic amines) is 1. The number of nitrogens with zero attached hydrogens (tertiary/aromatic N) is 3. The number of carbonyl (C=O) groups excluding carboxylic acids is 11. The molecule has 20 N–H and O–H groups in total. The first kappa shape index (κ1) is 75.9. The number of aliphatic hydroxyl groups is 1. The Morgan fingerprint density at radius 3 is 1.84 bits per heavy atom. The first-order valence-corrected chi connectivity index (χ1v) is 32.7. The van der Waals surface area contributed by atoms with Gasteiger partial charge in [-0.15, -0.1) is 0 Å². The van der Waals surface area contributed by atoms with Crippen molar-refractivity contribution in [2.45, 2.75) is 146 Å². The molecule has 534 valence electrons. The number of aliphatic hydroxyl groups excluding tert-OH is 1. The summed E-state index contributed by atoms with van der Waals surface area (Å²) in [6.45, 7) is 3.42. The number of carboxylic acids is 1. The zero-order valence-electron chi connectivity index (χ0n) is 55.6. The van der Waals surface area contributed by atoms with Crippen LogP contribution in [0.5, 0.6) is 5.75 Å². The molecular weight excluding hydrogens is 1290 g/mol. The number of aliphatic imine (C=N–C) groups is 1. The van der Waals surface area contributed by atoms with Crippen molar-refractivity contribution in [1.82, 2.24) is 67.7 Å². The van der Waals surface area contributed by atoms with E-state index in [4.69, 9.17) is 27.1 Å². The number of carboxylic acid groups (broad SMARTS) is 1. The molecule has 0 saturated carbocycles. The number of imidazole rings is 1. The number of aliphatic carboxylic acids is 1. The highest BCUT2D eigenvalue weighted by Gasteiger charge is 2.40. The first-order valence-electron chi connectivity index (χ1n) is 32.7. The molecule has 100 heavy (non-hydrogen) atoms. The second-order valence-electron chi connectivity index (χ2n) is 24.8. The fraction of sp³-hybridized carbons (Fsp3) is 0.412. The number of benzene rings is 4. The predicted molar refractivity (Wildman–Crippen MR) is 365 cm³/mol. The lowest BCUT2D eigenvalue weighted by molar-refractivity contribution is -0.142. The van der Waals surface area contributed by atoms with Gasteiger partial charge in [-0.05, 0) is 90.1 Å². The molecule has 9 atom stereocenters. The number of hydrogen-bond donors (Lipinski definition) is 17. The fourth-order valence-electron chi connectivity index (χ4n) is 11.6. The second kappa shape index (κ2) is 36.8. The number of guanidine groups is 1. The van der Waals surface area contributed by atoms with Gasteiger partial charge in [-0.2, -0.15) is 0 Å². The molecule has 8 rings (SSSR count). The van der Waals surface area contributed by atoms with Gasteiger partial charge in [0, 0.05) is 81.1 Å². The highest BCUT2D eigenvalue weighted by atomic mass is 16.4. The second-order valence-corrected chi connectivity index (χ2v) is 24.8. The van der Waals surface area contributed by atoms with Gasteiger partial charge in [0.05, 0.1) is 19.5 Å². The SMILES string of the molecule is CC(=O)O.CC(C)CC(NC(=O)C(Cc1ccc2ccccc2c1)NC(=O)C(Cc1ccc(O)cc1)NC(=O)C(CO)NC(=O)C(Cc1c[nH]c2ccccc12)NC(=O)C(Cc1cnc[nH]1)NC(=O)C1CCC(=O)N1)C(=O)NC(CCCN=C(N)N)C(=O)N1CCCC1C(=O)NCC(N)=O. The van der Waals surface area contributed by atoms with Gasteiger partial charge in [-0.25, -0.2) is 4.98 Å². The molecule has 0 bridgehead atoms. The Morgan fingerprint density at radius 1 is 0.660 bits per heavy atom. The molecule has 2 aliphatic heterocycles. The van der Waals surface area contributed by atoms with Gasteiger partial charge in [0.1, 0.15) is 60.1 Å². The van der Waals surface area contributed by atoms with Gasteiger partial charge in [0.25, 0.3) is 5.97 Å². The van der Waals surface area contributed by atoms with Gasteiger partial charge in [-0.1, -0.05) is 86.6 Å². The Bertz CT molecular complexity index is 3910. The molecule has 32 heteroatoms. The molecular formula is C68H87N17O15. The quantitative estimate of drug-likeness (QED) is 0.0126. The minimum Gasteiger partial charge on any atom is -0.508 e. The third-order valence-corrected chi connectivity index (χ3v) is 16.5. The van der Waals surface area contributed by atoms with E-state index >= 15 is 9.59 Å². The number of phenolic OH excluding ortho intramolecular Hbond substituents is 1. The van der Waals surface area contributed by atoms with Gasteiger partial charge >= 0.3 is 0 Å². The Kier molecular flexibility index (Phi) is 27.9. The average molecular weight is 1380 g/mol. The number of aromatic hydroxyl groups is 1. The number of hydrogen-bond acceptors (Lipinski definition) is 16. The lowest BCUT2D eigenvalue weighted by Gasteiger charge is -2.30. The number of primary amides is 1. The van der Waals surface area contributed by atoms with Crippen molar-refractivity contribution in [3.8, 4) is 5.75 Å². The third kappa shape index (κ3) is 22.8. The monoisotopic (exact) mass is 1380 g/mol. The molecule has 2 aromatic heterocycles. The normalized spacial score (nSPS) is 16.1. The summed E-state index contributed by atoms with van der Waals surface area (Å²) in [4.78, 5) is 178. The number of carbonyl (C=O) groups is 12. The van der Waals surface area contributed by atoms with Crippen LogP contribution in [0.15, 0.2) is 115 Å². The summed E-state index contributed by atoms with van der Waals surface area (Å²) in [5, 5.41) is 55.0. The Morgan fingerprint density at radius 2 is 1.23 bits per heavy atom. The number of para-hydroxylation sites is 1. The molecule has 11 amide bonds. The number of nitrogens with two attached hydrogens (primary N) is 3. The summed E-state index contributed by atoms with van der Waals surface area (Å²) >= 11 is 0. The van der Waals surface area contributed by atoms with Crippen molar-refractivity contribution in [1.29, 1.82) is 0 Å². The van der Waals surface area contributed by atoms with Crippen molar-refractivity contribution in [3.05, 3.63) is 132 Å². The Balaban J connectivity index is 0.00000342. The van der Waals surface area contributed by atoms with E-state index in [-0.39, 0.29) is 101 Å². The van der Waals surface area contributed by atoms with Crippen LogP contribution < -0.4 is 65.1 Å². The standard InChI is InChI=1S/C66H83N17O13.C2H4O2/c1-36(2)25-48(58(89)76-47(13-7-23-71-66(68)69)65(96)83-24-8-14-54(83)64(95)73-33-55(67)86)77-60(91)50(28-38-15-18-39-9-3-4-10-40(39)26-38)78-59(90)49(27-37-16-19-43(85)20-17-37)79-63(94)53(34-84)82-61(92)51(29-41-31-72-45-12-6-5-11-44(41)45)80-62(93)52(30-42-32-70-35-74-42)81-57(88)46-21-22-56(87)75-46;1-2(3)4/h3-6,9-12,15-20,26,31-32,35-36,46-54,72,84-85H,7-8,13-14,21-25,27-30,33-34H2,1-2H3,(H2,67,86)(H,70,74)(H,73,95)(H,75,87)(H,76,89)(H,77,91)(H,78,90)(H,79,94)(H,80,93)(H,81,88)(H,82,92)(H4,68,69,71);1H3,(H,3,4). The zero-order valence-corrected chi connectivity index (χ0v) is 55.6. The maximum atomic E-state index is 15.1. The molecule has 0 spiro atoms. The summed E-state index contributed by atoms with van der Waals surface area (Å²) in [5.41, 5.74) is 19.1. The lowest BCUT2D eigenvalue weighted by Crippen LogP contribution is -2.61. The Hall–Kier alpha value is -11.4. The van der Waals surface area contributed by atoms with E-state index in [1.807, 2.05) is 36.4 Å². The van der Waals surface area contributed by atoms with E-state index in [1.165, 1.54) is 41.7 Å². The number of rotatable bonds is 33. The van der Waals surface area contributed by atoms with E-state index in [2.05, 4.69) is 67.8 Å². The highest BCUT2D eigenvalue weighted by Crippen LogP contribution is 2.23. The van der Waals surface area contributed by atoms with E-state index in [9.17, 15) is 53.4 Å². The number of fused-ring (bicyclic) bond motifs is 2. The number of phenols is 1. The summed E-state index contributed by atoms with van der Waals surface area (Å²) in [6, 6.07) is 13.5. The van der Waals surface area contributed by atoms with Crippen LogP contribution in [0.25, 0.3) is 21.7 Å². The number of aromatic nitrogens is 3. The first-order chi connectivity index (χ1) is 47.7. The summed E-state index contributed by atoms with van der Waals surface area (Å²) in [6.07, 6.45) is 4.89. The van der Waals surface area contributed by atoms with Crippen LogP contribution in [-0.4, -0.2) is 193 Å². The van der Waals surface area contributed by atoms with Gasteiger partial charge in [0.15, 0.2) is 5.96 Å². The van der Waals surface area contributed by atoms with Crippen LogP contribution in [0.4, 0.5) is 0 Å². The number of amides is 11. The molecule has 2 aliphatic rings. The smallest absolute Gasteiger partial charge is 0.300 e. The van der Waals surface area contributed by atoms with Crippen LogP contribution in [0.3, 0.4) is 0 Å². The minimum absolute atomic E-state index is 0.00766. The van der Waals surface area contributed by atoms with Gasteiger partial charge < -0.3 is 95.2 Å². The van der Waals surface area contributed by atoms with Gasteiger partial charge in [0.2, 0.25) is 65.0 Å². The van der Waals surface area contributed by atoms with E-state index in [0.29, 0.717) is 39.7 Å². The summed E-state index contributed by atoms with van der Waals surface area (Å²) < 4.78 is 0. The molecule has 2 fully saturated rings. The fourth-order valence-corrected chi connectivity index (χ4v) is 11.6. The molecule has 0 radical (unpaired) electrons. The molecule has 4 heterocycles. The third-order valence-electron chi connectivity index (χ3n) is 16.5. The van der Waals surface area contributed by atoms with Crippen LogP contribution in [0, 0.1) is 5.92 Å². The van der Waals surface area contributed by atoms with E-state index in [0.717, 1.165) is 17.7 Å². The number of nitrogens with one attached hydrogen (secondary N) is 11. The van der Waals surface area contributed by atoms with Crippen molar-refractivity contribution >= 4 is 98.6 Å². The van der Waals surface area contributed by atoms with E-state index in [1.54, 1.807) is 50.4 Å². The molecule has 2 saturated heterocycles. The van der Waals surface area contributed by atoms with Crippen molar-refractivity contribution < 1.29 is 72.9 Å². The molecule has 0 aliphatic carbocycles. The summed E-state index contributed by atoms with van der Waals surface area (Å²) in [5.74, 6) is -9.85. The number of H-pyrrole nitrogens is 2. The maximum Gasteiger partial charge on any atom is 0.300 e. The Labute approximate surface area is 575 Å². The van der Waals surface area contributed by atoms with Crippen molar-refractivity contribution in [2.24, 2.45) is 28.1 Å². The molecule has 4 aromatic carbocycles.